The van der Waals surface area contributed by atoms with Crippen molar-refractivity contribution in [3.63, 3.8) is 0 Å². The summed E-state index contributed by atoms with van der Waals surface area (Å²) in [6, 6.07) is 1.13. The minimum absolute atomic E-state index is 0.0344. The second kappa shape index (κ2) is 10.8. The molecular weight excluding hydrogens is 517 g/mol. The van der Waals surface area contributed by atoms with Crippen molar-refractivity contribution in [3.8, 4) is 5.75 Å². The van der Waals surface area contributed by atoms with Crippen LogP contribution in [-0.2, 0) is 20.8 Å². The number of aryl methyl sites for hydroxylation is 1. The number of nitrogens with two attached hydrogens (primary N) is 1. The average Bonchev–Trinajstić information content (AvgIpc) is 3.30. The monoisotopic (exact) mass is 543 g/mol. The Morgan fingerprint density at radius 3 is 2.66 bits per heavy atom. The quantitative estimate of drug-likeness (QED) is 0.284. The number of benzene rings is 1. The Bertz CT molecular complexity index is 1320. The summed E-state index contributed by atoms with van der Waals surface area (Å²) in [4.78, 5) is 69.2. The molecule has 15 heteroatoms. The number of aromatic nitrogens is 1. The zero-order valence-corrected chi connectivity index (χ0v) is 21.5. The number of likely N-dealkylation sites (N-methyl/N-ethyl adjacent to an activating group) is 1. The molecule has 0 aliphatic carbocycles. The van der Waals surface area contributed by atoms with Gasteiger partial charge in [0.15, 0.2) is 10.9 Å². The Morgan fingerprint density at radius 1 is 1.29 bits per heavy atom. The largest absolute Gasteiger partial charge is 0.535 e. The number of amides is 4. The van der Waals surface area contributed by atoms with Crippen molar-refractivity contribution in [3.05, 3.63) is 39.9 Å². The summed E-state index contributed by atoms with van der Waals surface area (Å²) in [6.45, 7) is 3.79. The second-order valence-corrected chi connectivity index (χ2v) is 10.1. The maximum atomic E-state index is 13.5. The summed E-state index contributed by atoms with van der Waals surface area (Å²) < 4.78 is 5.54. The van der Waals surface area contributed by atoms with Crippen LogP contribution in [0.3, 0.4) is 0 Å². The molecule has 1 aromatic heterocycles. The number of nitrogens with one attached hydrogen (secondary N) is 1. The minimum Gasteiger partial charge on any atom is -0.535 e. The van der Waals surface area contributed by atoms with E-state index in [1.54, 1.807) is 26.0 Å². The van der Waals surface area contributed by atoms with E-state index in [4.69, 9.17) is 10.4 Å². The number of piperazine rings is 1. The van der Waals surface area contributed by atoms with Gasteiger partial charge in [-0.05, 0) is 31.4 Å². The number of carbonyl (C=O) groups is 5. The first kappa shape index (κ1) is 27.1. The van der Waals surface area contributed by atoms with Gasteiger partial charge >= 0.3 is 30.9 Å². The molecule has 4 amide bonds. The highest BCUT2D eigenvalue weighted by Gasteiger charge is 2.41. The van der Waals surface area contributed by atoms with Crippen LogP contribution in [0.4, 0.5) is 9.93 Å². The van der Waals surface area contributed by atoms with Crippen LogP contribution in [0.5, 0.6) is 5.75 Å². The molecule has 200 valence electrons. The molecule has 1 aromatic carbocycles. The number of hydrogen-bond acceptors (Lipinski definition) is 10. The van der Waals surface area contributed by atoms with E-state index in [-0.39, 0.29) is 42.4 Å². The number of carbonyl (C=O) groups excluding carboxylic acids is 4. The van der Waals surface area contributed by atoms with Gasteiger partial charge in [-0.15, -0.1) is 0 Å². The summed E-state index contributed by atoms with van der Waals surface area (Å²) >= 11 is 0.970. The van der Waals surface area contributed by atoms with Crippen molar-refractivity contribution in [2.24, 2.45) is 0 Å². The molecule has 5 N–H and O–H groups in total. The van der Waals surface area contributed by atoms with Gasteiger partial charge in [-0.3, -0.25) is 19.3 Å². The molecular formula is C23H26BN5O8S. The SMILES string of the molecule is CCN1CCN(C(=O)NC(C(=O)C[C@H]2Cc3ccc(C)c(C(=O)O)c3OB2O)c2cnc(N)s2)C(=O)C1=O. The number of fused-ring (bicyclic) bond motifs is 1. The molecule has 0 saturated carbocycles. The van der Waals surface area contributed by atoms with Crippen molar-refractivity contribution in [2.45, 2.75) is 38.5 Å². The number of anilines is 1. The van der Waals surface area contributed by atoms with Crippen LogP contribution < -0.4 is 15.7 Å². The number of nitrogens with zero attached hydrogens (tertiary/aromatic N) is 3. The number of thiazole rings is 1. The van der Waals surface area contributed by atoms with Crippen LogP contribution in [0.1, 0.15) is 45.7 Å². The highest BCUT2D eigenvalue weighted by Crippen LogP contribution is 2.38. The van der Waals surface area contributed by atoms with E-state index in [1.807, 2.05) is 0 Å². The fraction of sp³-hybridized carbons (Fsp3) is 0.391. The van der Waals surface area contributed by atoms with Crippen LogP contribution in [0.25, 0.3) is 0 Å². The van der Waals surface area contributed by atoms with Gasteiger partial charge in [0.1, 0.15) is 17.4 Å². The summed E-state index contributed by atoms with van der Waals surface area (Å²) in [7, 11) is -1.48. The van der Waals surface area contributed by atoms with Crippen LogP contribution in [0.15, 0.2) is 18.3 Å². The molecule has 2 aliphatic rings. The first-order valence-corrected chi connectivity index (χ1v) is 12.7. The van der Waals surface area contributed by atoms with Gasteiger partial charge in [0.25, 0.3) is 0 Å². The fourth-order valence-corrected chi connectivity index (χ4v) is 5.31. The highest BCUT2D eigenvalue weighted by molar-refractivity contribution is 7.15. The number of urea groups is 1. The number of carboxylic acid groups (broad SMARTS) is 1. The Balaban J connectivity index is 1.54. The first-order chi connectivity index (χ1) is 18.0. The third-order valence-corrected chi connectivity index (χ3v) is 7.49. The molecule has 4 rings (SSSR count). The van der Waals surface area contributed by atoms with Gasteiger partial charge in [-0.1, -0.05) is 23.5 Å². The number of aromatic carboxylic acids is 1. The smallest absolute Gasteiger partial charge is 0.526 e. The molecule has 13 nitrogen and oxygen atoms in total. The van der Waals surface area contributed by atoms with E-state index < -0.39 is 48.6 Å². The third kappa shape index (κ3) is 5.20. The lowest BCUT2D eigenvalue weighted by Crippen LogP contribution is -2.58. The summed E-state index contributed by atoms with van der Waals surface area (Å²) in [6.07, 6.45) is 1.23. The molecule has 2 aliphatic heterocycles. The van der Waals surface area contributed by atoms with Gasteiger partial charge in [-0.2, -0.15) is 0 Å². The number of ketones is 1. The Kier molecular flexibility index (Phi) is 7.69. The lowest BCUT2D eigenvalue weighted by atomic mass is 9.64. The van der Waals surface area contributed by atoms with Gasteiger partial charge in [-0.25, -0.2) is 14.6 Å². The second-order valence-electron chi connectivity index (χ2n) is 9.02. The topological polar surface area (TPSA) is 192 Å². The minimum atomic E-state index is -1.48. The van der Waals surface area contributed by atoms with Crippen molar-refractivity contribution in [2.75, 3.05) is 25.4 Å². The predicted molar refractivity (Wildman–Crippen MR) is 136 cm³/mol. The molecule has 3 heterocycles. The number of Topliss-reactive ketones (excluding diaryl/α,β-unsaturated/α-hetero) is 1. The Labute approximate surface area is 221 Å². The maximum Gasteiger partial charge on any atom is 0.526 e. The van der Waals surface area contributed by atoms with Gasteiger partial charge in [0.05, 0.1) is 4.88 Å². The van der Waals surface area contributed by atoms with Crippen LogP contribution in [0, 0.1) is 6.92 Å². The van der Waals surface area contributed by atoms with Crippen molar-refractivity contribution >= 4 is 53.2 Å². The zero-order chi connectivity index (χ0) is 27.7. The van der Waals surface area contributed by atoms with E-state index >= 15 is 0 Å². The number of rotatable bonds is 7. The predicted octanol–water partition coefficient (Wildman–Crippen LogP) is 0.618. The molecule has 1 unspecified atom stereocenters. The Morgan fingerprint density at radius 2 is 2.03 bits per heavy atom. The molecule has 0 bridgehead atoms. The van der Waals surface area contributed by atoms with E-state index in [0.29, 0.717) is 22.5 Å². The maximum absolute atomic E-state index is 13.5. The van der Waals surface area contributed by atoms with E-state index in [9.17, 15) is 34.1 Å². The van der Waals surface area contributed by atoms with Gasteiger partial charge in [0.2, 0.25) is 0 Å². The molecule has 2 atom stereocenters. The van der Waals surface area contributed by atoms with Gasteiger partial charge in [0, 0.05) is 38.1 Å². The molecule has 1 saturated heterocycles. The van der Waals surface area contributed by atoms with Crippen molar-refractivity contribution in [1.29, 1.82) is 0 Å². The van der Waals surface area contributed by atoms with Crippen molar-refractivity contribution in [1.82, 2.24) is 20.1 Å². The summed E-state index contributed by atoms with van der Waals surface area (Å²) in [5, 5.41) is 22.9. The fourth-order valence-electron chi connectivity index (χ4n) is 4.55. The van der Waals surface area contributed by atoms with Crippen molar-refractivity contribution < 1.29 is 38.8 Å². The number of imide groups is 1. The number of hydrogen-bond donors (Lipinski definition) is 4. The number of nitrogen functional groups attached to an aromatic ring is 1. The van der Waals surface area contributed by atoms with Gasteiger partial charge < -0.3 is 30.7 Å². The number of carboxylic acids is 1. The van der Waals surface area contributed by atoms with E-state index in [0.717, 1.165) is 16.2 Å². The highest BCUT2D eigenvalue weighted by atomic mass is 32.1. The molecule has 0 spiro atoms. The molecule has 0 radical (unpaired) electrons. The molecule has 1 fully saturated rings. The lowest BCUT2D eigenvalue weighted by Gasteiger charge is -2.33. The van der Waals surface area contributed by atoms with E-state index in [2.05, 4.69) is 10.3 Å². The lowest BCUT2D eigenvalue weighted by molar-refractivity contribution is -0.153. The normalized spacial score (nSPS) is 18.1. The zero-order valence-electron chi connectivity index (χ0n) is 20.7. The summed E-state index contributed by atoms with van der Waals surface area (Å²) in [5.41, 5.74) is 6.67. The van der Waals surface area contributed by atoms with Crippen LogP contribution in [0.2, 0.25) is 5.82 Å². The molecule has 2 aromatic rings. The standard InChI is InChI=1S/C23H26BN5O8S/c1-3-28-6-7-29(20(32)19(28)31)23(35)27-17(15-10-26-22(25)38-15)14(30)9-13-8-12-5-4-11(2)16(21(33)34)18(12)37-24(13)36/h4-5,10,13,17,36H,3,6-9H2,1-2H3,(H2,25,26)(H,27,35)(H,33,34)/t13-,17?/m1/s1. The van der Waals surface area contributed by atoms with E-state index in [1.165, 1.54) is 11.1 Å². The third-order valence-electron chi connectivity index (χ3n) is 6.60. The van der Waals surface area contributed by atoms with Crippen LogP contribution >= 0.6 is 11.3 Å². The Hall–Kier alpha value is -3.98. The first-order valence-electron chi connectivity index (χ1n) is 11.9. The summed E-state index contributed by atoms with van der Waals surface area (Å²) in [5.74, 6) is -4.21. The molecule has 38 heavy (non-hydrogen) atoms. The average molecular weight is 543 g/mol. The van der Waals surface area contributed by atoms with Crippen LogP contribution in [-0.4, -0.2) is 81.3 Å².